The van der Waals surface area contributed by atoms with Crippen LogP contribution in [0.1, 0.15) is 60.8 Å². The topological polar surface area (TPSA) is 0 Å². The summed E-state index contributed by atoms with van der Waals surface area (Å²) in [6.07, 6.45) is 9.25. The highest BCUT2D eigenvalue weighted by atomic mass is 14.6. The van der Waals surface area contributed by atoms with E-state index in [1.54, 1.807) is 0 Å². The smallest absolute Gasteiger partial charge is 0.00608 e. The fourth-order valence-electron chi connectivity index (χ4n) is 3.57. The van der Waals surface area contributed by atoms with E-state index in [0.29, 0.717) is 21.7 Å². The zero-order chi connectivity index (χ0) is 11.5. The minimum absolute atomic E-state index is 0.424. The molecule has 2 unspecified atom stereocenters. The predicted molar refractivity (Wildman–Crippen MR) is 66.8 cm³/mol. The van der Waals surface area contributed by atoms with E-state index < -0.39 is 0 Å². The van der Waals surface area contributed by atoms with E-state index in [1.165, 1.54) is 19.3 Å². The minimum Gasteiger partial charge on any atom is -0.0812 e. The third-order valence-electron chi connectivity index (χ3n) is 5.36. The lowest BCUT2D eigenvalue weighted by Gasteiger charge is -2.40. The molecule has 0 heteroatoms. The molecule has 1 fully saturated rings. The molecule has 0 aromatic heterocycles. The van der Waals surface area contributed by atoms with Gasteiger partial charge in [-0.3, -0.25) is 0 Å². The van der Waals surface area contributed by atoms with Crippen molar-refractivity contribution < 1.29 is 0 Å². The number of hydrogen-bond donors (Lipinski definition) is 0. The van der Waals surface area contributed by atoms with Crippen molar-refractivity contribution in [3.63, 3.8) is 0 Å². The average Bonchev–Trinajstić information content (AvgIpc) is 2.57. The average molecular weight is 206 g/mol. The van der Waals surface area contributed by atoms with Crippen molar-refractivity contribution in [2.75, 3.05) is 0 Å². The van der Waals surface area contributed by atoms with Crippen molar-refractivity contribution in [2.45, 2.75) is 60.8 Å². The van der Waals surface area contributed by atoms with Crippen molar-refractivity contribution in [1.82, 2.24) is 0 Å². The van der Waals surface area contributed by atoms with Crippen LogP contribution >= 0.6 is 0 Å². The molecule has 2 rings (SSSR count). The van der Waals surface area contributed by atoms with Gasteiger partial charge in [-0.15, -0.1) is 0 Å². The molecule has 0 nitrogen and oxygen atoms in total. The second-order valence-corrected chi connectivity index (χ2v) is 7.82. The summed E-state index contributed by atoms with van der Waals surface area (Å²) in [6, 6.07) is 0. The molecule has 0 aromatic rings. The Hall–Kier alpha value is -0.260. The lowest BCUT2D eigenvalue weighted by Crippen LogP contribution is -2.32. The van der Waals surface area contributed by atoms with Gasteiger partial charge in [-0.05, 0) is 40.9 Å². The maximum Gasteiger partial charge on any atom is -0.00608 e. The van der Waals surface area contributed by atoms with Crippen LogP contribution in [0, 0.1) is 21.7 Å². The van der Waals surface area contributed by atoms with E-state index in [0.717, 1.165) is 0 Å². The van der Waals surface area contributed by atoms with Crippen LogP contribution in [-0.2, 0) is 0 Å². The quantitative estimate of drug-likeness (QED) is 0.499. The molecule has 2 aliphatic carbocycles. The number of rotatable bonds is 0. The van der Waals surface area contributed by atoms with Gasteiger partial charge in [0, 0.05) is 0 Å². The van der Waals surface area contributed by atoms with Crippen molar-refractivity contribution in [2.24, 2.45) is 21.7 Å². The summed E-state index contributed by atoms with van der Waals surface area (Å²) < 4.78 is 0. The molecular formula is C15H26. The van der Waals surface area contributed by atoms with Crippen molar-refractivity contribution in [3.8, 4) is 0 Å². The minimum atomic E-state index is 0.424. The van der Waals surface area contributed by atoms with Crippen LogP contribution < -0.4 is 0 Å². The van der Waals surface area contributed by atoms with E-state index in [-0.39, 0.29) is 0 Å². The van der Waals surface area contributed by atoms with Crippen LogP contribution in [0.25, 0.3) is 0 Å². The summed E-state index contributed by atoms with van der Waals surface area (Å²) in [5.41, 5.74) is 1.82. The predicted octanol–water partition coefficient (Wildman–Crippen LogP) is 4.81. The monoisotopic (exact) mass is 206 g/mol. The molecule has 0 radical (unpaired) electrons. The van der Waals surface area contributed by atoms with Crippen LogP contribution in [0.3, 0.4) is 0 Å². The Morgan fingerprint density at radius 2 is 1.07 bits per heavy atom. The first-order valence-corrected chi connectivity index (χ1v) is 6.32. The highest BCUT2D eigenvalue weighted by Crippen LogP contribution is 2.68. The Balaban J connectivity index is 2.35. The molecule has 0 amide bonds. The molecular weight excluding hydrogens is 180 g/mol. The van der Waals surface area contributed by atoms with Crippen LogP contribution in [0.5, 0.6) is 0 Å². The van der Waals surface area contributed by atoms with E-state index >= 15 is 0 Å². The summed E-state index contributed by atoms with van der Waals surface area (Å²) in [5.74, 6) is 0. The van der Waals surface area contributed by atoms with Crippen molar-refractivity contribution in [3.05, 3.63) is 12.2 Å². The summed E-state index contributed by atoms with van der Waals surface area (Å²) in [5, 5.41) is 0. The Labute approximate surface area is 95.1 Å². The van der Waals surface area contributed by atoms with Gasteiger partial charge < -0.3 is 0 Å². The number of fused-ring (bicyclic) bond motifs is 2. The van der Waals surface area contributed by atoms with Gasteiger partial charge in [-0.1, -0.05) is 53.7 Å². The fraction of sp³-hybridized carbons (Fsp3) is 0.867. The van der Waals surface area contributed by atoms with E-state index in [1.807, 2.05) is 0 Å². The molecule has 0 aliphatic heterocycles. The third-order valence-corrected chi connectivity index (χ3v) is 5.36. The highest BCUT2D eigenvalue weighted by molar-refractivity contribution is 5.27. The number of allylic oxidation sites excluding steroid dienone is 2. The molecule has 0 spiro atoms. The van der Waals surface area contributed by atoms with Gasteiger partial charge in [0.2, 0.25) is 0 Å². The Morgan fingerprint density at radius 3 is 1.20 bits per heavy atom. The maximum atomic E-state index is 2.54. The fourth-order valence-corrected chi connectivity index (χ4v) is 3.57. The Kier molecular flexibility index (Phi) is 2.02. The van der Waals surface area contributed by atoms with E-state index in [2.05, 4.69) is 53.7 Å². The van der Waals surface area contributed by atoms with Crippen molar-refractivity contribution in [1.29, 1.82) is 0 Å². The highest BCUT2D eigenvalue weighted by Gasteiger charge is 2.58. The summed E-state index contributed by atoms with van der Waals surface area (Å²) in [4.78, 5) is 0. The van der Waals surface area contributed by atoms with Crippen LogP contribution in [0.4, 0.5) is 0 Å². The first-order chi connectivity index (χ1) is 6.62. The van der Waals surface area contributed by atoms with Gasteiger partial charge in [-0.2, -0.15) is 0 Å². The van der Waals surface area contributed by atoms with Crippen LogP contribution in [-0.4, -0.2) is 0 Å². The lowest BCUT2D eigenvalue weighted by atomic mass is 9.64. The van der Waals surface area contributed by atoms with Crippen LogP contribution in [0.2, 0.25) is 0 Å². The first-order valence-electron chi connectivity index (χ1n) is 6.32. The molecule has 0 heterocycles. The molecule has 0 aromatic carbocycles. The van der Waals surface area contributed by atoms with E-state index in [9.17, 15) is 0 Å². The SMILES string of the molecule is CC(C)(C)C12C=CC(C(C)(C)C)(CC1)C2. The first kappa shape index (κ1) is 11.2. The van der Waals surface area contributed by atoms with Gasteiger partial charge in [-0.25, -0.2) is 0 Å². The molecule has 2 aliphatic rings. The molecule has 2 bridgehead atoms. The molecule has 1 saturated carbocycles. The molecule has 0 saturated heterocycles. The van der Waals surface area contributed by atoms with Crippen molar-refractivity contribution >= 4 is 0 Å². The summed E-state index contributed by atoms with van der Waals surface area (Å²) in [6.45, 7) is 14.4. The Bertz CT molecular complexity index is 267. The van der Waals surface area contributed by atoms with Gasteiger partial charge in [0.25, 0.3) is 0 Å². The summed E-state index contributed by atoms with van der Waals surface area (Å²) in [7, 11) is 0. The van der Waals surface area contributed by atoms with Gasteiger partial charge >= 0.3 is 0 Å². The van der Waals surface area contributed by atoms with Gasteiger partial charge in [0.1, 0.15) is 0 Å². The van der Waals surface area contributed by atoms with Gasteiger partial charge in [0.15, 0.2) is 0 Å². The number of hydrogen-bond acceptors (Lipinski definition) is 0. The van der Waals surface area contributed by atoms with E-state index in [4.69, 9.17) is 0 Å². The molecule has 2 atom stereocenters. The molecule has 15 heavy (non-hydrogen) atoms. The summed E-state index contributed by atoms with van der Waals surface area (Å²) >= 11 is 0. The second-order valence-electron chi connectivity index (χ2n) is 7.82. The third kappa shape index (κ3) is 1.33. The zero-order valence-corrected chi connectivity index (χ0v) is 11.3. The molecule has 86 valence electrons. The van der Waals surface area contributed by atoms with Crippen LogP contribution in [0.15, 0.2) is 12.2 Å². The maximum absolute atomic E-state index is 2.54. The standard InChI is InChI=1S/C15H26/c1-12(2,3)14-7-9-15(11-14,10-8-14)13(4,5)6/h7,9H,8,10-11H2,1-6H3. The molecule has 0 N–H and O–H groups in total. The van der Waals surface area contributed by atoms with Gasteiger partial charge in [0.05, 0.1) is 0 Å². The Morgan fingerprint density at radius 1 is 0.733 bits per heavy atom. The normalized spacial score (nSPS) is 40.1. The lowest BCUT2D eigenvalue weighted by molar-refractivity contribution is 0.116. The zero-order valence-electron chi connectivity index (χ0n) is 11.3. The second kappa shape index (κ2) is 2.70. The largest absolute Gasteiger partial charge is 0.0812 e.